The Bertz CT molecular complexity index is 516. The molecule has 1 aromatic heterocycles. The number of hydrogen-bond acceptors (Lipinski definition) is 1. The topological polar surface area (TPSA) is 0 Å². The van der Waals surface area contributed by atoms with Gasteiger partial charge in [-0.05, 0) is 50.1 Å². The van der Waals surface area contributed by atoms with Crippen LogP contribution < -0.4 is 0 Å². The van der Waals surface area contributed by atoms with Crippen LogP contribution in [0.2, 0.25) is 0 Å². The van der Waals surface area contributed by atoms with E-state index in [9.17, 15) is 4.39 Å². The highest BCUT2D eigenvalue weighted by Gasteiger charge is 2.21. The third-order valence-electron chi connectivity index (χ3n) is 2.17. The number of hydrogen-bond donors (Lipinski definition) is 0. The average molecular weight is 463 g/mol. The quantitative estimate of drug-likeness (QED) is 0.446. The lowest BCUT2D eigenvalue weighted by atomic mass is 10.1. The van der Waals surface area contributed by atoms with E-state index in [0.717, 1.165) is 13.1 Å². The van der Waals surface area contributed by atoms with E-state index in [-0.39, 0.29) is 5.82 Å². The second kappa shape index (κ2) is 5.70. The normalized spacial score (nSPS) is 12.8. The number of benzene rings is 1. The molecule has 0 spiro atoms. The number of thiophene rings is 1. The van der Waals surface area contributed by atoms with Crippen LogP contribution in [0.15, 0.2) is 37.0 Å². The molecule has 0 nitrogen and oxygen atoms in total. The Balaban J connectivity index is 2.47. The first-order chi connectivity index (χ1) is 8.00. The molecule has 0 amide bonds. The van der Waals surface area contributed by atoms with Gasteiger partial charge in [-0.3, -0.25) is 0 Å². The van der Waals surface area contributed by atoms with Crippen molar-refractivity contribution >= 4 is 70.7 Å². The summed E-state index contributed by atoms with van der Waals surface area (Å²) in [5.74, 6) is -0.306. The van der Waals surface area contributed by atoms with Gasteiger partial charge in [-0.15, -0.1) is 22.9 Å². The van der Waals surface area contributed by atoms with Gasteiger partial charge in [-0.1, -0.05) is 22.0 Å². The predicted octanol–water partition coefficient (Wildman–Crippen LogP) is 6.50. The number of halogens is 5. The van der Waals surface area contributed by atoms with Gasteiger partial charge in [-0.25, -0.2) is 4.39 Å². The van der Waals surface area contributed by atoms with Crippen LogP contribution in [0, 0.1) is 5.82 Å². The predicted molar refractivity (Wildman–Crippen MR) is 81.5 cm³/mol. The van der Waals surface area contributed by atoms with E-state index < -0.39 is 5.38 Å². The van der Waals surface area contributed by atoms with E-state index >= 15 is 0 Å². The summed E-state index contributed by atoms with van der Waals surface area (Å²) in [5.41, 5.74) is 0.468. The molecule has 0 saturated heterocycles. The van der Waals surface area contributed by atoms with Crippen molar-refractivity contribution < 1.29 is 4.39 Å². The fraction of sp³-hybridized carbons (Fsp3) is 0.0909. The molecule has 6 heteroatoms. The second-order valence-corrected chi connectivity index (χ2v) is 7.82. The lowest BCUT2D eigenvalue weighted by Gasteiger charge is -2.10. The zero-order valence-corrected chi connectivity index (χ0v) is 14.5. The highest BCUT2D eigenvalue weighted by Crippen LogP contribution is 2.42. The lowest BCUT2D eigenvalue weighted by Crippen LogP contribution is -1.96. The summed E-state index contributed by atoms with van der Waals surface area (Å²) in [4.78, 5) is 0.885. The molecule has 17 heavy (non-hydrogen) atoms. The van der Waals surface area contributed by atoms with Crippen molar-refractivity contribution in [2.24, 2.45) is 0 Å². The molecule has 1 aromatic carbocycles. The molecule has 2 aromatic rings. The molecule has 1 heterocycles. The minimum Gasteiger partial charge on any atom is -0.207 e. The zero-order chi connectivity index (χ0) is 12.6. The molecule has 0 saturated carbocycles. The van der Waals surface area contributed by atoms with Gasteiger partial charge in [-0.2, -0.15) is 0 Å². The second-order valence-electron chi connectivity index (χ2n) is 3.27. The SMILES string of the molecule is Fc1cccc(Br)c1C(Cl)c1cc(Br)c(Br)s1. The molecular weight excluding hydrogens is 458 g/mol. The molecule has 0 fully saturated rings. The third kappa shape index (κ3) is 2.95. The maximum Gasteiger partial charge on any atom is 0.129 e. The molecule has 1 unspecified atom stereocenters. The zero-order valence-electron chi connectivity index (χ0n) is 8.18. The van der Waals surface area contributed by atoms with Crippen molar-refractivity contribution in [2.75, 3.05) is 0 Å². The molecule has 0 radical (unpaired) electrons. The molecular formula is C11H5Br3ClFS. The van der Waals surface area contributed by atoms with E-state index in [4.69, 9.17) is 11.6 Å². The Hall–Kier alpha value is 0.580. The summed E-state index contributed by atoms with van der Waals surface area (Å²) >= 11 is 17.9. The van der Waals surface area contributed by atoms with Crippen molar-refractivity contribution in [1.29, 1.82) is 0 Å². The van der Waals surface area contributed by atoms with Crippen molar-refractivity contribution in [1.82, 2.24) is 0 Å². The first kappa shape index (κ1) is 14.0. The van der Waals surface area contributed by atoms with Crippen LogP contribution in [0.3, 0.4) is 0 Å². The summed E-state index contributed by atoms with van der Waals surface area (Å²) in [6.07, 6.45) is 0. The van der Waals surface area contributed by atoms with Gasteiger partial charge in [0.15, 0.2) is 0 Å². The molecule has 0 aliphatic rings. The fourth-order valence-electron chi connectivity index (χ4n) is 1.38. The Morgan fingerprint density at radius 3 is 2.41 bits per heavy atom. The Morgan fingerprint density at radius 1 is 1.18 bits per heavy atom. The summed E-state index contributed by atoms with van der Waals surface area (Å²) in [6, 6.07) is 6.73. The van der Waals surface area contributed by atoms with Crippen molar-refractivity contribution in [3.8, 4) is 0 Å². The van der Waals surface area contributed by atoms with Gasteiger partial charge in [0.1, 0.15) is 5.82 Å². The molecule has 0 aliphatic heterocycles. The van der Waals surface area contributed by atoms with Gasteiger partial charge < -0.3 is 0 Å². The van der Waals surface area contributed by atoms with Crippen LogP contribution >= 0.6 is 70.7 Å². The van der Waals surface area contributed by atoms with Gasteiger partial charge in [0, 0.05) is 19.4 Å². The maximum atomic E-state index is 13.8. The minimum absolute atomic E-state index is 0.306. The van der Waals surface area contributed by atoms with Crippen LogP contribution in [0.1, 0.15) is 15.8 Å². The Labute approximate surface area is 133 Å². The van der Waals surface area contributed by atoms with Crippen molar-refractivity contribution in [3.05, 3.63) is 53.3 Å². The van der Waals surface area contributed by atoms with E-state index in [2.05, 4.69) is 47.8 Å². The summed E-state index contributed by atoms with van der Waals surface area (Å²) in [7, 11) is 0. The van der Waals surface area contributed by atoms with Gasteiger partial charge in [0.25, 0.3) is 0 Å². The summed E-state index contributed by atoms with van der Waals surface area (Å²) in [5, 5.41) is -0.502. The first-order valence-electron chi connectivity index (χ1n) is 4.53. The molecule has 1 atom stereocenters. The highest BCUT2D eigenvalue weighted by atomic mass is 79.9. The van der Waals surface area contributed by atoms with Crippen LogP contribution in [0.25, 0.3) is 0 Å². The third-order valence-corrected chi connectivity index (χ3v) is 6.76. The van der Waals surface area contributed by atoms with Gasteiger partial charge >= 0.3 is 0 Å². The fourth-order valence-corrected chi connectivity index (χ4v) is 4.58. The molecule has 2 rings (SSSR count). The molecule has 0 aliphatic carbocycles. The molecule has 0 bridgehead atoms. The van der Waals surface area contributed by atoms with Gasteiger partial charge in [0.05, 0.1) is 9.16 Å². The highest BCUT2D eigenvalue weighted by molar-refractivity contribution is 9.13. The first-order valence-corrected chi connectivity index (χ1v) is 8.16. The molecule has 90 valence electrons. The summed E-state index contributed by atoms with van der Waals surface area (Å²) in [6.45, 7) is 0. The van der Waals surface area contributed by atoms with Crippen LogP contribution in [-0.2, 0) is 0 Å². The van der Waals surface area contributed by atoms with Crippen molar-refractivity contribution in [2.45, 2.75) is 5.38 Å². The Kier molecular flexibility index (Phi) is 4.69. The molecule has 0 N–H and O–H groups in total. The smallest absolute Gasteiger partial charge is 0.129 e. The monoisotopic (exact) mass is 460 g/mol. The van der Waals surface area contributed by atoms with Crippen molar-refractivity contribution in [3.63, 3.8) is 0 Å². The minimum atomic E-state index is -0.502. The number of alkyl halides is 1. The van der Waals surface area contributed by atoms with Gasteiger partial charge in [0.2, 0.25) is 0 Å². The maximum absolute atomic E-state index is 13.8. The van der Waals surface area contributed by atoms with E-state index in [1.54, 1.807) is 12.1 Å². The van der Waals surface area contributed by atoms with Crippen LogP contribution in [0.4, 0.5) is 4.39 Å². The van der Waals surface area contributed by atoms with Crippen LogP contribution in [-0.4, -0.2) is 0 Å². The Morgan fingerprint density at radius 2 is 1.88 bits per heavy atom. The lowest BCUT2D eigenvalue weighted by molar-refractivity contribution is 0.611. The average Bonchev–Trinajstić information content (AvgIpc) is 2.59. The standard InChI is InChI=1S/C11H5Br3ClFS/c12-5-2-1-3-7(16)9(5)10(15)8-4-6(13)11(14)17-8/h1-4,10H. The van der Waals surface area contributed by atoms with E-state index in [1.807, 2.05) is 6.07 Å². The van der Waals surface area contributed by atoms with E-state index in [0.29, 0.717) is 10.0 Å². The number of rotatable bonds is 2. The van der Waals surface area contributed by atoms with E-state index in [1.165, 1.54) is 17.4 Å². The largest absolute Gasteiger partial charge is 0.207 e. The summed E-state index contributed by atoms with van der Waals surface area (Å²) < 4.78 is 16.3. The van der Waals surface area contributed by atoms with Crippen LogP contribution in [0.5, 0.6) is 0 Å².